The van der Waals surface area contributed by atoms with Gasteiger partial charge in [0.1, 0.15) is 0 Å². The van der Waals surface area contributed by atoms with Crippen molar-refractivity contribution in [3.8, 4) is 11.3 Å². The van der Waals surface area contributed by atoms with Crippen molar-refractivity contribution >= 4 is 7.85 Å². The third-order valence-electron chi connectivity index (χ3n) is 1.98. The van der Waals surface area contributed by atoms with E-state index in [1.54, 1.807) is 12.4 Å². The molecule has 0 atom stereocenters. The Hall–Kier alpha value is -1.64. The fraction of sp³-hybridized carbons (Fsp3) is 0.231. The number of nitrogens with zero attached hydrogens (tertiary/aromatic N) is 2. The van der Waals surface area contributed by atoms with Gasteiger partial charge in [0.25, 0.3) is 0 Å². The van der Waals surface area contributed by atoms with Crippen LogP contribution in [0.2, 0.25) is 0 Å². The SMILES string of the molecule is CC.[B]Cc1cnc(-c2ccccc2)cn1. The van der Waals surface area contributed by atoms with Crippen molar-refractivity contribution in [3.63, 3.8) is 0 Å². The van der Waals surface area contributed by atoms with Crippen molar-refractivity contribution < 1.29 is 0 Å². The third kappa shape index (κ3) is 3.19. The highest BCUT2D eigenvalue weighted by atomic mass is 14.8. The summed E-state index contributed by atoms with van der Waals surface area (Å²) in [5, 5.41) is 0. The van der Waals surface area contributed by atoms with E-state index in [4.69, 9.17) is 7.85 Å². The summed E-state index contributed by atoms with van der Waals surface area (Å²) < 4.78 is 0. The van der Waals surface area contributed by atoms with Crippen LogP contribution >= 0.6 is 0 Å². The molecule has 2 radical (unpaired) electrons. The van der Waals surface area contributed by atoms with E-state index in [1.165, 1.54) is 0 Å². The van der Waals surface area contributed by atoms with E-state index in [-0.39, 0.29) is 0 Å². The molecule has 0 saturated heterocycles. The predicted octanol–water partition coefficient (Wildman–Crippen LogP) is 2.84. The van der Waals surface area contributed by atoms with E-state index in [0.29, 0.717) is 6.32 Å². The zero-order valence-corrected chi connectivity index (χ0v) is 9.72. The molecule has 0 spiro atoms. The smallest absolute Gasteiger partial charge is 0.0885 e. The van der Waals surface area contributed by atoms with Gasteiger partial charge in [-0.25, -0.2) is 0 Å². The summed E-state index contributed by atoms with van der Waals surface area (Å²) in [5.41, 5.74) is 2.76. The van der Waals surface area contributed by atoms with Crippen LogP contribution in [0.4, 0.5) is 0 Å². The van der Waals surface area contributed by atoms with Crippen LogP contribution in [0.3, 0.4) is 0 Å². The van der Waals surface area contributed by atoms with Crippen LogP contribution in [0.1, 0.15) is 19.5 Å². The summed E-state index contributed by atoms with van der Waals surface area (Å²) in [6.07, 6.45) is 3.89. The Morgan fingerprint density at radius 2 is 1.69 bits per heavy atom. The van der Waals surface area contributed by atoms with E-state index in [0.717, 1.165) is 17.0 Å². The normalized spacial score (nSPS) is 9.12. The first-order valence-electron chi connectivity index (χ1n) is 5.46. The van der Waals surface area contributed by atoms with Gasteiger partial charge in [-0.15, -0.1) is 0 Å². The number of hydrogen-bond donors (Lipinski definition) is 0. The molecule has 2 aromatic rings. The van der Waals surface area contributed by atoms with Gasteiger partial charge in [-0.05, 0) is 6.32 Å². The maximum absolute atomic E-state index is 5.44. The molecule has 0 bridgehead atoms. The largest absolute Gasteiger partial charge is 0.258 e. The van der Waals surface area contributed by atoms with Crippen LogP contribution in [0.15, 0.2) is 42.7 Å². The molecule has 0 fully saturated rings. The van der Waals surface area contributed by atoms with Crippen LogP contribution in [0.5, 0.6) is 0 Å². The topological polar surface area (TPSA) is 25.8 Å². The molecule has 1 aromatic heterocycles. The van der Waals surface area contributed by atoms with Crippen molar-refractivity contribution in [1.29, 1.82) is 0 Å². The van der Waals surface area contributed by atoms with E-state index in [9.17, 15) is 0 Å². The van der Waals surface area contributed by atoms with E-state index >= 15 is 0 Å². The van der Waals surface area contributed by atoms with Gasteiger partial charge in [-0.2, -0.15) is 0 Å². The third-order valence-corrected chi connectivity index (χ3v) is 1.98. The van der Waals surface area contributed by atoms with Crippen LogP contribution in [0, 0.1) is 0 Å². The van der Waals surface area contributed by atoms with Crippen molar-refractivity contribution in [1.82, 2.24) is 9.97 Å². The zero-order valence-electron chi connectivity index (χ0n) is 9.72. The fourth-order valence-electron chi connectivity index (χ4n) is 1.22. The lowest BCUT2D eigenvalue weighted by molar-refractivity contribution is 1.10. The Morgan fingerprint density at radius 3 is 2.19 bits per heavy atom. The second kappa shape index (κ2) is 6.78. The van der Waals surface area contributed by atoms with E-state index < -0.39 is 0 Å². The van der Waals surface area contributed by atoms with Crippen LogP contribution < -0.4 is 0 Å². The van der Waals surface area contributed by atoms with Gasteiger partial charge in [0.05, 0.1) is 25.4 Å². The van der Waals surface area contributed by atoms with Crippen LogP contribution in [-0.2, 0) is 6.32 Å². The minimum Gasteiger partial charge on any atom is -0.258 e. The molecule has 3 heteroatoms. The minimum atomic E-state index is 0.433. The number of hydrogen-bond acceptors (Lipinski definition) is 2. The fourth-order valence-corrected chi connectivity index (χ4v) is 1.22. The molecule has 16 heavy (non-hydrogen) atoms. The molecule has 0 aliphatic carbocycles. The van der Waals surface area contributed by atoms with Gasteiger partial charge in [0.15, 0.2) is 0 Å². The van der Waals surface area contributed by atoms with Gasteiger partial charge >= 0.3 is 0 Å². The van der Waals surface area contributed by atoms with Crippen molar-refractivity contribution in [2.75, 3.05) is 0 Å². The quantitative estimate of drug-likeness (QED) is 0.712. The number of benzene rings is 1. The summed E-state index contributed by atoms with van der Waals surface area (Å²) in [5.74, 6) is 0. The Labute approximate surface area is 98.2 Å². The summed E-state index contributed by atoms with van der Waals surface area (Å²) in [7, 11) is 5.44. The van der Waals surface area contributed by atoms with Gasteiger partial charge in [0.2, 0.25) is 0 Å². The Balaban J connectivity index is 0.000000606. The molecule has 0 N–H and O–H groups in total. The number of aromatic nitrogens is 2. The standard InChI is InChI=1S/C11H9BN2.C2H6/c12-6-10-7-14-11(8-13-10)9-4-2-1-3-5-9;1-2/h1-5,7-8H,6H2;1-2H3. The first-order valence-corrected chi connectivity index (χ1v) is 5.46. The second-order valence-electron chi connectivity index (χ2n) is 2.96. The van der Waals surface area contributed by atoms with Crippen LogP contribution in [-0.4, -0.2) is 17.8 Å². The van der Waals surface area contributed by atoms with Gasteiger partial charge in [-0.3, -0.25) is 9.97 Å². The average molecular weight is 210 g/mol. The van der Waals surface area contributed by atoms with Gasteiger partial charge < -0.3 is 0 Å². The molecule has 0 aliphatic heterocycles. The molecule has 0 saturated carbocycles. The highest BCUT2D eigenvalue weighted by Crippen LogP contribution is 2.14. The molecule has 0 unspecified atom stereocenters. The summed E-state index contributed by atoms with van der Waals surface area (Å²) in [6, 6.07) is 9.95. The summed E-state index contributed by atoms with van der Waals surface area (Å²) in [4.78, 5) is 8.46. The first-order chi connectivity index (χ1) is 7.90. The summed E-state index contributed by atoms with van der Waals surface area (Å²) >= 11 is 0. The number of rotatable bonds is 2. The van der Waals surface area contributed by atoms with Crippen molar-refractivity contribution in [2.24, 2.45) is 0 Å². The lowest BCUT2D eigenvalue weighted by Gasteiger charge is -2.00. The molecular weight excluding hydrogens is 195 g/mol. The van der Waals surface area contributed by atoms with Crippen molar-refractivity contribution in [3.05, 3.63) is 48.4 Å². The Morgan fingerprint density at radius 1 is 1.00 bits per heavy atom. The maximum atomic E-state index is 5.44. The molecule has 0 amide bonds. The molecule has 2 nitrogen and oxygen atoms in total. The lowest BCUT2D eigenvalue weighted by Crippen LogP contribution is -1.92. The molecule has 80 valence electrons. The van der Waals surface area contributed by atoms with Crippen molar-refractivity contribution in [2.45, 2.75) is 20.2 Å². The average Bonchev–Trinajstić information content (AvgIpc) is 2.42. The van der Waals surface area contributed by atoms with Gasteiger partial charge in [0, 0.05) is 11.8 Å². The van der Waals surface area contributed by atoms with Crippen LogP contribution in [0.25, 0.3) is 11.3 Å². The minimum absolute atomic E-state index is 0.433. The highest BCUT2D eigenvalue weighted by molar-refractivity contribution is 6.08. The molecule has 1 aromatic carbocycles. The van der Waals surface area contributed by atoms with Gasteiger partial charge in [-0.1, -0.05) is 44.2 Å². The summed E-state index contributed by atoms with van der Waals surface area (Å²) in [6.45, 7) is 4.00. The second-order valence-corrected chi connectivity index (χ2v) is 2.96. The molecule has 1 heterocycles. The molecule has 2 rings (SSSR count). The highest BCUT2D eigenvalue weighted by Gasteiger charge is 1.97. The monoisotopic (exact) mass is 210 g/mol. The first kappa shape index (κ1) is 12.4. The van der Waals surface area contributed by atoms with E-state index in [2.05, 4.69) is 9.97 Å². The Bertz CT molecular complexity index is 398. The maximum Gasteiger partial charge on any atom is 0.0885 e. The lowest BCUT2D eigenvalue weighted by atomic mass is 10.0. The molecular formula is C13H15BN2. The predicted molar refractivity (Wildman–Crippen MR) is 68.3 cm³/mol. The molecule has 0 aliphatic rings. The zero-order chi connectivity index (χ0) is 11.8. The Kier molecular flexibility index (Phi) is 5.27. The van der Waals surface area contributed by atoms with E-state index in [1.807, 2.05) is 44.2 Å².